The first-order valence-electron chi connectivity index (χ1n) is 6.23. The summed E-state index contributed by atoms with van der Waals surface area (Å²) in [6.45, 7) is 1.89. The molecule has 1 aromatic heterocycles. The molecular weight excluding hydrogens is 304 g/mol. The Morgan fingerprint density at radius 3 is 2.50 bits per heavy atom. The van der Waals surface area contributed by atoms with Gasteiger partial charge in [0.25, 0.3) is 10.0 Å². The number of rotatable bonds is 4. The molecule has 0 saturated heterocycles. The molecule has 7 N–H and O–H groups in total. The molecule has 0 aliphatic heterocycles. The van der Waals surface area contributed by atoms with Gasteiger partial charge >= 0.3 is 0 Å². The molecule has 8 nitrogen and oxygen atoms in total. The molecule has 2 rings (SSSR count). The summed E-state index contributed by atoms with van der Waals surface area (Å²) < 4.78 is 23.6. The maximum atomic E-state index is 11.8. The number of sulfonamides is 1. The molecule has 116 valence electrons. The third-order valence-electron chi connectivity index (χ3n) is 3.06. The second kappa shape index (κ2) is 6.10. The fourth-order valence-electron chi connectivity index (χ4n) is 2.13. The number of nitrogens with zero attached hydrogens (tertiary/aromatic N) is 2. The number of amidine groups is 1. The van der Waals surface area contributed by atoms with Crippen molar-refractivity contribution in [2.24, 2.45) is 21.8 Å². The maximum Gasteiger partial charge on any atom is 0.256 e. The zero-order valence-corrected chi connectivity index (χ0v) is 12.6. The number of pyridine rings is 1. The fourth-order valence-corrected chi connectivity index (χ4v) is 2.84. The Morgan fingerprint density at radius 1 is 1.23 bits per heavy atom. The average molecular weight is 320 g/mol. The third-order valence-corrected chi connectivity index (χ3v) is 3.91. The summed E-state index contributed by atoms with van der Waals surface area (Å²) in [6, 6.07) is 9.08. The van der Waals surface area contributed by atoms with Crippen LogP contribution >= 0.6 is 0 Å². The van der Waals surface area contributed by atoms with Crippen LogP contribution in [0.3, 0.4) is 0 Å². The van der Waals surface area contributed by atoms with Crippen molar-refractivity contribution >= 4 is 15.9 Å². The molecule has 0 atom stereocenters. The van der Waals surface area contributed by atoms with Crippen molar-refractivity contribution in [3.05, 3.63) is 47.7 Å². The zero-order valence-electron chi connectivity index (χ0n) is 11.8. The van der Waals surface area contributed by atoms with Gasteiger partial charge in [-0.1, -0.05) is 24.3 Å². The summed E-state index contributed by atoms with van der Waals surface area (Å²) in [7, 11) is -4.08. The van der Waals surface area contributed by atoms with E-state index in [1.807, 2.05) is 36.7 Å². The van der Waals surface area contributed by atoms with E-state index in [4.69, 9.17) is 16.7 Å². The molecule has 1 heterocycles. The lowest BCUT2D eigenvalue weighted by Crippen LogP contribution is -2.27. The standard InChI is InChI=1S/C13H16N6O2S/c1-8-4-2-3-5-9(8)10-6-7-17-13(22(16,20)21)11(10)12(14)18-19-15/h2-7,19H,15H2,1H3,(H2,14,18)(H2,16,20,21). The molecule has 0 unspecified atom stereocenters. The maximum absolute atomic E-state index is 11.8. The number of aryl methyl sites for hydroxylation is 1. The number of hydrogen-bond donors (Lipinski definition) is 4. The van der Waals surface area contributed by atoms with Gasteiger partial charge in [-0.15, -0.1) is 5.10 Å². The fraction of sp³-hybridized carbons (Fsp3) is 0.0769. The highest BCUT2D eigenvalue weighted by molar-refractivity contribution is 7.89. The first-order valence-corrected chi connectivity index (χ1v) is 7.78. The van der Waals surface area contributed by atoms with Gasteiger partial charge in [0.05, 0.1) is 5.56 Å². The van der Waals surface area contributed by atoms with Crippen LogP contribution in [0.5, 0.6) is 0 Å². The molecule has 1 aromatic carbocycles. The van der Waals surface area contributed by atoms with Crippen molar-refractivity contribution in [2.75, 3.05) is 0 Å². The van der Waals surface area contributed by atoms with Crippen LogP contribution in [0.25, 0.3) is 11.1 Å². The van der Waals surface area contributed by atoms with Crippen LogP contribution in [-0.2, 0) is 10.0 Å². The zero-order chi connectivity index (χ0) is 16.3. The summed E-state index contributed by atoms with van der Waals surface area (Å²) in [5.74, 6) is 5.00. The lowest BCUT2D eigenvalue weighted by Gasteiger charge is -2.14. The Morgan fingerprint density at radius 2 is 1.91 bits per heavy atom. The van der Waals surface area contributed by atoms with Crippen LogP contribution in [-0.4, -0.2) is 19.2 Å². The van der Waals surface area contributed by atoms with E-state index in [9.17, 15) is 8.42 Å². The van der Waals surface area contributed by atoms with Crippen molar-refractivity contribution in [1.82, 2.24) is 10.5 Å². The molecule has 0 saturated carbocycles. The van der Waals surface area contributed by atoms with Gasteiger partial charge in [-0.05, 0) is 29.7 Å². The van der Waals surface area contributed by atoms with E-state index >= 15 is 0 Å². The van der Waals surface area contributed by atoms with E-state index < -0.39 is 10.0 Å². The van der Waals surface area contributed by atoms with Gasteiger partial charge in [0, 0.05) is 6.20 Å². The number of hydrogen-bond acceptors (Lipinski definition) is 6. The highest BCUT2D eigenvalue weighted by Gasteiger charge is 2.23. The highest BCUT2D eigenvalue weighted by atomic mass is 32.2. The summed E-state index contributed by atoms with van der Waals surface area (Å²) in [5.41, 5.74) is 10.3. The Hall–Kier alpha value is -2.49. The number of benzene rings is 1. The minimum absolute atomic E-state index is 0.109. The summed E-state index contributed by atoms with van der Waals surface area (Å²) in [6.07, 6.45) is 1.36. The number of aromatic nitrogens is 1. The Kier molecular flexibility index (Phi) is 4.40. The van der Waals surface area contributed by atoms with Gasteiger partial charge in [-0.3, -0.25) is 0 Å². The first-order chi connectivity index (χ1) is 10.4. The van der Waals surface area contributed by atoms with E-state index in [1.54, 1.807) is 6.07 Å². The Bertz CT molecular complexity index is 832. The van der Waals surface area contributed by atoms with Crippen molar-refractivity contribution in [3.63, 3.8) is 0 Å². The molecule has 0 spiro atoms. The molecule has 0 amide bonds. The van der Waals surface area contributed by atoms with Crippen molar-refractivity contribution in [2.45, 2.75) is 11.9 Å². The minimum Gasteiger partial charge on any atom is -0.382 e. The van der Waals surface area contributed by atoms with Crippen molar-refractivity contribution < 1.29 is 8.42 Å². The van der Waals surface area contributed by atoms with Gasteiger partial charge in [-0.25, -0.2) is 29.9 Å². The lowest BCUT2D eigenvalue weighted by atomic mass is 9.97. The smallest absolute Gasteiger partial charge is 0.256 e. The van der Waals surface area contributed by atoms with Gasteiger partial charge < -0.3 is 5.73 Å². The second-order valence-corrected chi connectivity index (χ2v) is 6.00. The number of nitrogens with two attached hydrogens (primary N) is 3. The molecular formula is C13H16N6O2S. The molecule has 2 aromatic rings. The van der Waals surface area contributed by atoms with Crippen molar-refractivity contribution in [3.8, 4) is 11.1 Å². The summed E-state index contributed by atoms with van der Waals surface area (Å²) >= 11 is 0. The highest BCUT2D eigenvalue weighted by Crippen LogP contribution is 2.29. The van der Waals surface area contributed by atoms with Gasteiger partial charge in [0.1, 0.15) is 0 Å². The number of nitrogens with one attached hydrogen (secondary N) is 1. The van der Waals surface area contributed by atoms with E-state index in [1.165, 1.54) is 6.20 Å². The lowest BCUT2D eigenvalue weighted by molar-refractivity contribution is 0.594. The summed E-state index contributed by atoms with van der Waals surface area (Å²) in [4.78, 5) is 3.83. The number of hydrazone groups is 1. The molecule has 22 heavy (non-hydrogen) atoms. The first kappa shape index (κ1) is 15.9. The van der Waals surface area contributed by atoms with Gasteiger partial charge in [0.2, 0.25) is 0 Å². The predicted octanol–water partition coefficient (Wildman–Crippen LogP) is -0.212. The van der Waals surface area contributed by atoms with E-state index in [0.717, 1.165) is 11.1 Å². The minimum atomic E-state index is -4.08. The SMILES string of the molecule is Cc1ccccc1-c1ccnc(S(N)(=O)=O)c1/C(N)=N/NN. The summed E-state index contributed by atoms with van der Waals surface area (Å²) in [5, 5.41) is 8.51. The Balaban J connectivity index is 2.86. The van der Waals surface area contributed by atoms with Gasteiger partial charge in [-0.2, -0.15) is 0 Å². The van der Waals surface area contributed by atoms with Crippen LogP contribution in [0, 0.1) is 6.92 Å². The molecule has 0 radical (unpaired) electrons. The average Bonchev–Trinajstić information content (AvgIpc) is 2.46. The van der Waals surface area contributed by atoms with E-state index in [2.05, 4.69) is 10.1 Å². The Labute approximate surface area is 128 Å². The van der Waals surface area contributed by atoms with Crippen LogP contribution < -0.4 is 22.3 Å². The monoisotopic (exact) mass is 320 g/mol. The van der Waals surface area contributed by atoms with Gasteiger partial charge in [0.15, 0.2) is 10.9 Å². The van der Waals surface area contributed by atoms with E-state index in [-0.39, 0.29) is 16.4 Å². The predicted molar refractivity (Wildman–Crippen MR) is 83.8 cm³/mol. The quantitative estimate of drug-likeness (QED) is 0.265. The van der Waals surface area contributed by atoms with Crippen LogP contribution in [0.15, 0.2) is 46.7 Å². The molecule has 0 bridgehead atoms. The van der Waals surface area contributed by atoms with Crippen molar-refractivity contribution in [1.29, 1.82) is 0 Å². The van der Waals surface area contributed by atoms with E-state index in [0.29, 0.717) is 5.56 Å². The molecule has 0 fully saturated rings. The third kappa shape index (κ3) is 3.06. The van der Waals surface area contributed by atoms with Crippen LogP contribution in [0.4, 0.5) is 0 Å². The largest absolute Gasteiger partial charge is 0.382 e. The molecule has 0 aliphatic carbocycles. The topological polar surface area (TPSA) is 149 Å². The number of hydrazine groups is 1. The van der Waals surface area contributed by atoms with Crippen LogP contribution in [0.1, 0.15) is 11.1 Å². The molecule has 0 aliphatic rings. The normalized spacial score (nSPS) is 12.2. The van der Waals surface area contributed by atoms with Crippen LogP contribution in [0.2, 0.25) is 0 Å². The second-order valence-electron chi connectivity index (χ2n) is 4.52. The number of primary sulfonamides is 1. The molecule has 9 heteroatoms.